The molecule has 1 rings (SSSR count). The Kier molecular flexibility index (Phi) is 9.38. The van der Waals surface area contributed by atoms with Crippen LogP contribution in [0.1, 0.15) is 64.0 Å². The van der Waals surface area contributed by atoms with Crippen molar-refractivity contribution >= 4 is 11.6 Å². The largest absolute Gasteiger partial charge is 0.481 e. The predicted molar refractivity (Wildman–Crippen MR) is 84.5 cm³/mol. The summed E-state index contributed by atoms with van der Waals surface area (Å²) < 4.78 is 5.09. The van der Waals surface area contributed by atoms with Crippen molar-refractivity contribution < 1.29 is 4.74 Å². The Morgan fingerprint density at radius 2 is 1.80 bits per heavy atom. The Balaban J connectivity index is 2.12. The molecule has 0 saturated carbocycles. The highest BCUT2D eigenvalue weighted by Gasteiger charge is 2.08. The van der Waals surface area contributed by atoms with Gasteiger partial charge in [0.2, 0.25) is 5.88 Å². The predicted octanol–water partition coefficient (Wildman–Crippen LogP) is 4.78. The van der Waals surface area contributed by atoms with E-state index in [1.54, 1.807) is 7.11 Å². The highest BCUT2D eigenvalue weighted by Crippen LogP contribution is 2.16. The number of aromatic nitrogens is 2. The van der Waals surface area contributed by atoms with E-state index < -0.39 is 0 Å². The first-order valence-corrected chi connectivity index (χ1v) is 8.19. The lowest BCUT2D eigenvalue weighted by Crippen LogP contribution is -2.05. The first-order valence-electron chi connectivity index (χ1n) is 7.75. The number of hydrogen-bond acceptors (Lipinski definition) is 3. The summed E-state index contributed by atoms with van der Waals surface area (Å²) in [6, 6.07) is 1.86. The van der Waals surface area contributed by atoms with Crippen molar-refractivity contribution in [3.05, 3.63) is 18.1 Å². The summed E-state index contributed by atoms with van der Waals surface area (Å²) in [5.74, 6) is 0.606. The minimum atomic E-state index is 0.158. The van der Waals surface area contributed by atoms with Crippen LogP contribution in [0.4, 0.5) is 0 Å². The highest BCUT2D eigenvalue weighted by molar-refractivity contribution is 6.20. The Labute approximate surface area is 128 Å². The SMILES string of the molecule is CCCCCCCCCC(Cl)Cc1cc(OC)ncn1. The maximum atomic E-state index is 6.37. The average Bonchev–Trinajstić information content (AvgIpc) is 2.46. The van der Waals surface area contributed by atoms with Crippen LogP contribution in [-0.2, 0) is 6.42 Å². The van der Waals surface area contributed by atoms with Crippen molar-refractivity contribution in [1.29, 1.82) is 0 Å². The van der Waals surface area contributed by atoms with Crippen molar-refractivity contribution in [2.24, 2.45) is 0 Å². The fourth-order valence-electron chi connectivity index (χ4n) is 2.25. The first kappa shape index (κ1) is 17.2. The van der Waals surface area contributed by atoms with Gasteiger partial charge in [-0.2, -0.15) is 0 Å². The van der Waals surface area contributed by atoms with E-state index in [0.29, 0.717) is 5.88 Å². The van der Waals surface area contributed by atoms with E-state index in [2.05, 4.69) is 16.9 Å². The Hall–Kier alpha value is -0.830. The maximum absolute atomic E-state index is 6.37. The molecule has 3 nitrogen and oxygen atoms in total. The van der Waals surface area contributed by atoms with Gasteiger partial charge in [-0.05, 0) is 6.42 Å². The zero-order valence-corrected chi connectivity index (χ0v) is 13.5. The van der Waals surface area contributed by atoms with Crippen LogP contribution in [0.25, 0.3) is 0 Å². The van der Waals surface area contributed by atoms with Gasteiger partial charge in [-0.15, -0.1) is 11.6 Å². The molecule has 0 amide bonds. The molecule has 4 heteroatoms. The number of methoxy groups -OCH3 is 1. The quantitative estimate of drug-likeness (QED) is 0.436. The summed E-state index contributed by atoms with van der Waals surface area (Å²) >= 11 is 6.37. The molecule has 0 fully saturated rings. The number of halogens is 1. The molecule has 0 spiro atoms. The fourth-order valence-corrected chi connectivity index (χ4v) is 2.56. The molecule has 1 aromatic heterocycles. The highest BCUT2D eigenvalue weighted by atomic mass is 35.5. The van der Waals surface area contributed by atoms with Gasteiger partial charge in [-0.1, -0.05) is 51.9 Å². The molecule has 114 valence electrons. The summed E-state index contributed by atoms with van der Waals surface area (Å²) in [4.78, 5) is 8.23. The summed E-state index contributed by atoms with van der Waals surface area (Å²) in [5, 5.41) is 0.158. The summed E-state index contributed by atoms with van der Waals surface area (Å²) in [7, 11) is 1.61. The maximum Gasteiger partial charge on any atom is 0.216 e. The molecular weight excluding hydrogens is 272 g/mol. The molecular formula is C16H27ClN2O. The van der Waals surface area contributed by atoms with Crippen LogP contribution in [0, 0.1) is 0 Å². The van der Waals surface area contributed by atoms with E-state index in [0.717, 1.165) is 18.5 Å². The molecule has 1 aromatic rings. The van der Waals surface area contributed by atoms with Gasteiger partial charge < -0.3 is 4.74 Å². The summed E-state index contributed by atoms with van der Waals surface area (Å²) in [6.45, 7) is 2.25. The standard InChI is InChI=1S/C16H27ClN2O/c1-3-4-5-6-7-8-9-10-14(17)11-15-12-16(20-2)19-13-18-15/h12-14H,3-11H2,1-2H3. The van der Waals surface area contributed by atoms with Crippen molar-refractivity contribution in [2.75, 3.05) is 7.11 Å². The number of alkyl halides is 1. The second-order valence-electron chi connectivity index (χ2n) is 5.26. The third-order valence-corrected chi connectivity index (χ3v) is 3.83. The molecule has 0 radical (unpaired) electrons. The van der Waals surface area contributed by atoms with Crippen molar-refractivity contribution in [1.82, 2.24) is 9.97 Å². The smallest absolute Gasteiger partial charge is 0.216 e. The second-order valence-corrected chi connectivity index (χ2v) is 5.88. The lowest BCUT2D eigenvalue weighted by molar-refractivity contribution is 0.395. The zero-order valence-electron chi connectivity index (χ0n) is 12.8. The van der Waals surface area contributed by atoms with E-state index in [1.807, 2.05) is 6.07 Å². The minimum Gasteiger partial charge on any atom is -0.481 e. The van der Waals surface area contributed by atoms with Crippen LogP contribution in [0.2, 0.25) is 0 Å². The van der Waals surface area contributed by atoms with E-state index in [1.165, 1.54) is 51.3 Å². The van der Waals surface area contributed by atoms with Crippen LogP contribution in [-0.4, -0.2) is 22.5 Å². The molecule has 1 atom stereocenters. The van der Waals surface area contributed by atoms with E-state index in [-0.39, 0.29) is 5.38 Å². The van der Waals surface area contributed by atoms with Gasteiger partial charge in [0.15, 0.2) is 0 Å². The molecule has 0 saturated heterocycles. The van der Waals surface area contributed by atoms with Crippen molar-refractivity contribution in [3.63, 3.8) is 0 Å². The van der Waals surface area contributed by atoms with Crippen LogP contribution in [0.15, 0.2) is 12.4 Å². The van der Waals surface area contributed by atoms with Gasteiger partial charge in [0.1, 0.15) is 6.33 Å². The Bertz CT molecular complexity index is 360. The van der Waals surface area contributed by atoms with Crippen LogP contribution < -0.4 is 4.74 Å². The molecule has 0 aromatic carbocycles. The van der Waals surface area contributed by atoms with E-state index in [9.17, 15) is 0 Å². The third kappa shape index (κ3) is 7.68. The molecule has 0 aliphatic heterocycles. The van der Waals surface area contributed by atoms with Gasteiger partial charge >= 0.3 is 0 Å². The van der Waals surface area contributed by atoms with Crippen LogP contribution >= 0.6 is 11.6 Å². The van der Waals surface area contributed by atoms with Gasteiger partial charge in [0, 0.05) is 23.6 Å². The van der Waals surface area contributed by atoms with Gasteiger partial charge in [-0.3, -0.25) is 0 Å². The second kappa shape index (κ2) is 10.9. The molecule has 1 unspecified atom stereocenters. The topological polar surface area (TPSA) is 35.0 Å². The van der Waals surface area contributed by atoms with Crippen LogP contribution in [0.3, 0.4) is 0 Å². The minimum absolute atomic E-state index is 0.158. The third-order valence-electron chi connectivity index (χ3n) is 3.46. The molecule has 0 bridgehead atoms. The Morgan fingerprint density at radius 1 is 1.10 bits per heavy atom. The summed E-state index contributed by atoms with van der Waals surface area (Å²) in [6.07, 6.45) is 12.6. The van der Waals surface area contributed by atoms with Crippen molar-refractivity contribution in [3.8, 4) is 5.88 Å². The molecule has 0 N–H and O–H groups in total. The van der Waals surface area contributed by atoms with Gasteiger partial charge in [0.25, 0.3) is 0 Å². The fraction of sp³-hybridized carbons (Fsp3) is 0.750. The van der Waals surface area contributed by atoms with E-state index >= 15 is 0 Å². The first-order chi connectivity index (χ1) is 9.76. The number of nitrogens with zero attached hydrogens (tertiary/aromatic N) is 2. The summed E-state index contributed by atoms with van der Waals surface area (Å²) in [5.41, 5.74) is 0.958. The zero-order chi connectivity index (χ0) is 14.6. The lowest BCUT2D eigenvalue weighted by atomic mass is 10.1. The number of ether oxygens (including phenoxy) is 1. The molecule has 0 aliphatic rings. The van der Waals surface area contributed by atoms with Crippen LogP contribution in [0.5, 0.6) is 5.88 Å². The normalized spacial score (nSPS) is 12.3. The number of rotatable bonds is 11. The van der Waals surface area contributed by atoms with Crippen molar-refractivity contribution in [2.45, 2.75) is 70.1 Å². The lowest BCUT2D eigenvalue weighted by Gasteiger charge is -2.09. The number of hydrogen-bond donors (Lipinski definition) is 0. The molecule has 0 aliphatic carbocycles. The number of unbranched alkanes of at least 4 members (excludes halogenated alkanes) is 6. The average molecular weight is 299 g/mol. The Morgan fingerprint density at radius 3 is 2.50 bits per heavy atom. The van der Waals surface area contributed by atoms with Gasteiger partial charge in [0.05, 0.1) is 7.11 Å². The molecule has 20 heavy (non-hydrogen) atoms. The van der Waals surface area contributed by atoms with E-state index in [4.69, 9.17) is 16.3 Å². The monoisotopic (exact) mass is 298 g/mol. The molecule has 1 heterocycles. The van der Waals surface area contributed by atoms with Gasteiger partial charge in [-0.25, -0.2) is 9.97 Å².